The number of hydrogen-bond acceptors (Lipinski definition) is 6. The van der Waals surface area contributed by atoms with Gasteiger partial charge in [0.15, 0.2) is 11.2 Å². The maximum absolute atomic E-state index is 12.9. The van der Waals surface area contributed by atoms with Crippen LogP contribution in [-0.2, 0) is 14.8 Å². The first kappa shape index (κ1) is 22.7. The minimum atomic E-state index is -3.72. The number of thiazole rings is 1. The molecule has 0 spiro atoms. The number of fused-ring (bicyclic) bond motifs is 1. The number of nitrogens with one attached hydrogen (secondary N) is 1. The average Bonchev–Trinajstić information content (AvgIpc) is 3.15. The van der Waals surface area contributed by atoms with Gasteiger partial charge in [-0.1, -0.05) is 41.7 Å². The number of anilines is 1. The van der Waals surface area contributed by atoms with Crippen molar-refractivity contribution in [2.24, 2.45) is 0 Å². The van der Waals surface area contributed by atoms with Gasteiger partial charge in [-0.05, 0) is 37.3 Å². The molecular formula is C22H23N3O4S2. The minimum Gasteiger partial charge on any atom is -0.481 e. The number of nitrogens with zero attached hydrogens (tertiary/aromatic N) is 2. The third kappa shape index (κ3) is 5.38. The van der Waals surface area contributed by atoms with Gasteiger partial charge in [0.25, 0.3) is 5.91 Å². The summed E-state index contributed by atoms with van der Waals surface area (Å²) in [4.78, 5) is 17.0. The van der Waals surface area contributed by atoms with Crippen LogP contribution in [0.1, 0.15) is 6.92 Å². The fourth-order valence-electron chi connectivity index (χ4n) is 2.79. The zero-order valence-electron chi connectivity index (χ0n) is 17.0. The Morgan fingerprint density at radius 3 is 2.52 bits per heavy atom. The molecule has 31 heavy (non-hydrogen) atoms. The van der Waals surface area contributed by atoms with Crippen molar-refractivity contribution in [3.63, 3.8) is 0 Å². The van der Waals surface area contributed by atoms with Gasteiger partial charge in [0.2, 0.25) is 10.0 Å². The Bertz CT molecular complexity index is 1180. The number of carbonyl (C=O) groups is 1. The molecular weight excluding hydrogens is 434 g/mol. The minimum absolute atomic E-state index is 0.144. The van der Waals surface area contributed by atoms with E-state index in [9.17, 15) is 13.2 Å². The summed E-state index contributed by atoms with van der Waals surface area (Å²) in [5.41, 5.74) is 0.592. The van der Waals surface area contributed by atoms with Crippen molar-refractivity contribution in [2.75, 3.05) is 18.4 Å². The Balaban J connectivity index is 1.78. The molecule has 1 N–H and O–H groups in total. The van der Waals surface area contributed by atoms with Crippen LogP contribution in [0.25, 0.3) is 10.2 Å². The number of sulfonamides is 1. The average molecular weight is 458 g/mol. The van der Waals surface area contributed by atoms with Crippen molar-refractivity contribution in [1.82, 2.24) is 9.29 Å². The Labute approximate surface area is 185 Å². The van der Waals surface area contributed by atoms with Gasteiger partial charge in [-0.2, -0.15) is 4.31 Å². The molecule has 3 aromatic rings. The largest absolute Gasteiger partial charge is 0.481 e. The molecule has 0 saturated heterocycles. The SMILES string of the molecule is C=CCN(CC=C)S(=O)(=O)c1ccc2nc(NC(=O)C(C)Oc3ccccc3)sc2c1. The summed E-state index contributed by atoms with van der Waals surface area (Å²) in [6, 6.07) is 13.7. The second-order valence-corrected chi connectivity index (χ2v) is 9.58. The Kier molecular flexibility index (Phi) is 7.21. The molecule has 1 aromatic heterocycles. The molecule has 9 heteroatoms. The van der Waals surface area contributed by atoms with Crippen molar-refractivity contribution in [3.8, 4) is 5.75 Å². The second kappa shape index (κ2) is 9.86. The lowest BCUT2D eigenvalue weighted by molar-refractivity contribution is -0.122. The van der Waals surface area contributed by atoms with Crippen molar-refractivity contribution in [3.05, 3.63) is 73.8 Å². The highest BCUT2D eigenvalue weighted by atomic mass is 32.2. The van der Waals surface area contributed by atoms with Gasteiger partial charge in [0, 0.05) is 13.1 Å². The van der Waals surface area contributed by atoms with E-state index in [1.54, 1.807) is 31.2 Å². The first-order valence-corrected chi connectivity index (χ1v) is 11.8. The van der Waals surface area contributed by atoms with Gasteiger partial charge < -0.3 is 4.74 Å². The molecule has 1 unspecified atom stereocenters. The zero-order chi connectivity index (χ0) is 22.4. The molecule has 0 fully saturated rings. The van der Waals surface area contributed by atoms with Crippen LogP contribution in [0.5, 0.6) is 5.75 Å². The normalized spacial score (nSPS) is 12.5. The van der Waals surface area contributed by atoms with E-state index in [0.29, 0.717) is 21.1 Å². The molecule has 7 nitrogen and oxygen atoms in total. The maximum Gasteiger partial charge on any atom is 0.266 e. The molecule has 1 heterocycles. The predicted molar refractivity (Wildman–Crippen MR) is 124 cm³/mol. The van der Waals surface area contributed by atoms with Crippen LogP contribution < -0.4 is 10.1 Å². The van der Waals surface area contributed by atoms with Gasteiger partial charge >= 0.3 is 0 Å². The summed E-state index contributed by atoms with van der Waals surface area (Å²) in [5.74, 6) is 0.242. The molecule has 2 aromatic carbocycles. The summed E-state index contributed by atoms with van der Waals surface area (Å²) < 4.78 is 33.4. The Morgan fingerprint density at radius 1 is 1.19 bits per heavy atom. The number of ether oxygens (including phenoxy) is 1. The molecule has 0 aliphatic heterocycles. The van der Waals surface area contributed by atoms with Crippen LogP contribution in [0.4, 0.5) is 5.13 Å². The summed E-state index contributed by atoms with van der Waals surface area (Å²) in [7, 11) is -3.72. The zero-order valence-corrected chi connectivity index (χ0v) is 18.7. The molecule has 0 aliphatic carbocycles. The third-order valence-electron chi connectivity index (χ3n) is 4.32. The number of amides is 1. The quantitative estimate of drug-likeness (QED) is 0.464. The van der Waals surface area contributed by atoms with E-state index >= 15 is 0 Å². The van der Waals surface area contributed by atoms with E-state index < -0.39 is 16.1 Å². The summed E-state index contributed by atoms with van der Waals surface area (Å²) >= 11 is 1.20. The summed E-state index contributed by atoms with van der Waals surface area (Å²) in [5, 5.41) is 3.10. The summed E-state index contributed by atoms with van der Waals surface area (Å²) in [6.45, 7) is 9.22. The monoisotopic (exact) mass is 457 g/mol. The molecule has 3 rings (SSSR count). The van der Waals surface area contributed by atoms with Crippen molar-refractivity contribution < 1.29 is 17.9 Å². The lowest BCUT2D eigenvalue weighted by Crippen LogP contribution is -2.31. The maximum atomic E-state index is 12.9. The number of rotatable bonds is 10. The van der Waals surface area contributed by atoms with Gasteiger partial charge in [-0.25, -0.2) is 13.4 Å². The highest BCUT2D eigenvalue weighted by Gasteiger charge is 2.23. The molecule has 0 aliphatic rings. The fraction of sp³-hybridized carbons (Fsp3) is 0.182. The topological polar surface area (TPSA) is 88.6 Å². The third-order valence-corrected chi connectivity index (χ3v) is 7.08. The van der Waals surface area contributed by atoms with E-state index in [1.165, 1.54) is 33.9 Å². The van der Waals surface area contributed by atoms with Gasteiger partial charge in [0.1, 0.15) is 5.75 Å². The first-order chi connectivity index (χ1) is 14.8. The van der Waals surface area contributed by atoms with Crippen LogP contribution in [0.15, 0.2) is 78.7 Å². The highest BCUT2D eigenvalue weighted by Crippen LogP contribution is 2.29. The molecule has 1 amide bonds. The molecule has 0 saturated carbocycles. The second-order valence-electron chi connectivity index (χ2n) is 6.61. The van der Waals surface area contributed by atoms with E-state index in [0.717, 1.165) is 0 Å². The van der Waals surface area contributed by atoms with Gasteiger partial charge in [-0.15, -0.1) is 13.2 Å². The molecule has 0 bridgehead atoms. The van der Waals surface area contributed by atoms with Crippen LogP contribution in [0, 0.1) is 0 Å². The first-order valence-electron chi connectivity index (χ1n) is 9.50. The van der Waals surface area contributed by atoms with Crippen LogP contribution >= 0.6 is 11.3 Å². The number of para-hydroxylation sites is 1. The van der Waals surface area contributed by atoms with E-state index in [2.05, 4.69) is 23.5 Å². The Hall–Kier alpha value is -3.01. The smallest absolute Gasteiger partial charge is 0.266 e. The standard InChI is InChI=1S/C22H23N3O4S2/c1-4-13-25(14-5-2)31(27,28)18-11-12-19-20(15-18)30-22(23-19)24-21(26)16(3)29-17-9-7-6-8-10-17/h4-12,15-16H,1-2,13-14H2,3H3,(H,23,24,26). The van der Waals surface area contributed by atoms with Gasteiger partial charge in [0.05, 0.1) is 15.1 Å². The van der Waals surface area contributed by atoms with E-state index in [-0.39, 0.29) is 23.9 Å². The van der Waals surface area contributed by atoms with E-state index in [1.807, 2.05) is 18.2 Å². The number of carbonyl (C=O) groups excluding carboxylic acids is 1. The number of benzene rings is 2. The fourth-order valence-corrected chi connectivity index (χ4v) is 5.18. The van der Waals surface area contributed by atoms with Crippen LogP contribution in [-0.4, -0.2) is 42.8 Å². The highest BCUT2D eigenvalue weighted by molar-refractivity contribution is 7.89. The lowest BCUT2D eigenvalue weighted by atomic mass is 10.3. The predicted octanol–water partition coefficient (Wildman–Crippen LogP) is 4.07. The molecule has 0 radical (unpaired) electrons. The number of aromatic nitrogens is 1. The van der Waals surface area contributed by atoms with Crippen molar-refractivity contribution >= 4 is 42.6 Å². The summed E-state index contributed by atoms with van der Waals surface area (Å²) in [6.07, 6.45) is 2.33. The molecule has 162 valence electrons. The van der Waals surface area contributed by atoms with Crippen LogP contribution in [0.2, 0.25) is 0 Å². The number of hydrogen-bond donors (Lipinski definition) is 1. The van der Waals surface area contributed by atoms with Crippen molar-refractivity contribution in [2.45, 2.75) is 17.9 Å². The van der Waals surface area contributed by atoms with Crippen molar-refractivity contribution in [1.29, 1.82) is 0 Å². The van der Waals surface area contributed by atoms with Gasteiger partial charge in [-0.3, -0.25) is 10.1 Å². The lowest BCUT2D eigenvalue weighted by Gasteiger charge is -2.18. The van der Waals surface area contributed by atoms with E-state index in [4.69, 9.17) is 4.74 Å². The van der Waals surface area contributed by atoms with Crippen LogP contribution in [0.3, 0.4) is 0 Å². The Morgan fingerprint density at radius 2 is 1.87 bits per heavy atom. The molecule has 1 atom stereocenters.